The van der Waals surface area contributed by atoms with Gasteiger partial charge in [0.25, 0.3) is 0 Å². The maximum Gasteiger partial charge on any atom is 0.340 e. The molecule has 0 saturated carbocycles. The summed E-state index contributed by atoms with van der Waals surface area (Å²) in [7, 11) is 1.91. The number of rotatable bonds is 3. The van der Waals surface area contributed by atoms with Crippen LogP contribution in [0.4, 0.5) is 0 Å². The molecule has 6 heteroatoms. The Morgan fingerprint density at radius 1 is 1.47 bits per heavy atom. The van der Waals surface area contributed by atoms with Crippen molar-refractivity contribution in [2.45, 2.75) is 12.3 Å². The van der Waals surface area contributed by atoms with E-state index in [0.717, 1.165) is 21.1 Å². The highest BCUT2D eigenvalue weighted by Crippen LogP contribution is 2.34. The summed E-state index contributed by atoms with van der Waals surface area (Å²) in [4.78, 5) is 12.1. The molecule has 0 fully saturated rings. The van der Waals surface area contributed by atoms with E-state index in [1.54, 1.807) is 6.92 Å². The van der Waals surface area contributed by atoms with Crippen molar-refractivity contribution in [2.24, 2.45) is 7.05 Å². The highest BCUT2D eigenvalue weighted by Gasteiger charge is 2.22. The molecule has 0 unspecified atom stereocenters. The molecule has 0 saturated heterocycles. The average Bonchev–Trinajstić information content (AvgIpc) is 2.63. The Hall–Kier alpha value is -0.520. The first-order valence-electron chi connectivity index (χ1n) is 5.70. The van der Waals surface area contributed by atoms with Crippen molar-refractivity contribution in [2.75, 3.05) is 6.61 Å². The molecule has 1 aromatic heterocycles. The van der Waals surface area contributed by atoms with E-state index in [4.69, 9.17) is 16.3 Å². The molecular formula is C13H12Br2ClNO2. The van der Waals surface area contributed by atoms with Crippen molar-refractivity contribution in [3.05, 3.63) is 32.9 Å². The summed E-state index contributed by atoms with van der Waals surface area (Å²) in [5.41, 5.74) is 2.38. The molecule has 1 aromatic carbocycles. The number of fused-ring (bicyclic) bond motifs is 1. The van der Waals surface area contributed by atoms with E-state index >= 15 is 0 Å². The molecule has 3 nitrogen and oxygen atoms in total. The number of aryl methyl sites for hydroxylation is 1. The van der Waals surface area contributed by atoms with E-state index in [2.05, 4.69) is 31.9 Å². The Balaban J connectivity index is 2.79. The predicted octanol–water partition coefficient (Wildman–Crippen LogP) is 4.67. The number of esters is 1. The molecule has 0 amide bonds. The van der Waals surface area contributed by atoms with Gasteiger partial charge < -0.3 is 9.30 Å². The molecule has 0 N–H and O–H groups in total. The normalized spacial score (nSPS) is 11.0. The van der Waals surface area contributed by atoms with Crippen LogP contribution in [0.15, 0.2) is 16.6 Å². The number of alkyl halides is 1. The first kappa shape index (κ1) is 14.9. The number of halogens is 3. The lowest BCUT2D eigenvalue weighted by atomic mass is 10.1. The van der Waals surface area contributed by atoms with Gasteiger partial charge >= 0.3 is 5.97 Å². The van der Waals surface area contributed by atoms with E-state index in [1.807, 2.05) is 23.7 Å². The number of aromatic nitrogens is 1. The molecule has 0 aliphatic carbocycles. The fraction of sp³-hybridized carbons (Fsp3) is 0.308. The summed E-state index contributed by atoms with van der Waals surface area (Å²) in [6, 6.07) is 3.70. The zero-order chi connectivity index (χ0) is 14.2. The number of nitrogens with zero attached hydrogens (tertiary/aromatic N) is 1. The van der Waals surface area contributed by atoms with Gasteiger partial charge in [-0.05, 0) is 35.0 Å². The lowest BCUT2D eigenvalue weighted by Crippen LogP contribution is -2.07. The summed E-state index contributed by atoms with van der Waals surface area (Å²) in [6.45, 7) is 2.15. The molecule has 0 radical (unpaired) electrons. The molecule has 0 aliphatic rings. The van der Waals surface area contributed by atoms with E-state index in [9.17, 15) is 4.79 Å². The van der Waals surface area contributed by atoms with Gasteiger partial charge in [-0.15, -0.1) is 0 Å². The molecule has 0 aliphatic heterocycles. The number of hydrogen-bond donors (Lipinski definition) is 0. The molecule has 0 spiro atoms. The third kappa shape index (κ3) is 2.56. The summed E-state index contributed by atoms with van der Waals surface area (Å²) in [5.74, 6) is -0.309. The fourth-order valence-electron chi connectivity index (χ4n) is 2.07. The van der Waals surface area contributed by atoms with Crippen LogP contribution in [-0.4, -0.2) is 17.1 Å². The van der Waals surface area contributed by atoms with Crippen LogP contribution in [0.3, 0.4) is 0 Å². The Kier molecular flexibility index (Phi) is 4.58. The lowest BCUT2D eigenvalue weighted by Gasteiger charge is -2.04. The SMILES string of the molecule is CCOC(=O)c1c(CBr)n(C)c2cc(Cl)c(Br)cc12. The van der Waals surface area contributed by atoms with Crippen LogP contribution < -0.4 is 0 Å². The van der Waals surface area contributed by atoms with Crippen LogP contribution in [0.2, 0.25) is 5.02 Å². The van der Waals surface area contributed by atoms with Gasteiger partial charge in [-0.25, -0.2) is 4.79 Å². The lowest BCUT2D eigenvalue weighted by molar-refractivity contribution is 0.0527. The second-order valence-electron chi connectivity index (χ2n) is 4.02. The molecule has 2 rings (SSSR count). The minimum absolute atomic E-state index is 0.309. The van der Waals surface area contributed by atoms with Crippen molar-refractivity contribution in [1.29, 1.82) is 0 Å². The number of ether oxygens (including phenoxy) is 1. The van der Waals surface area contributed by atoms with Crippen LogP contribution in [-0.2, 0) is 17.1 Å². The van der Waals surface area contributed by atoms with Gasteiger partial charge in [-0.1, -0.05) is 27.5 Å². The fourth-order valence-corrected chi connectivity index (χ4v) is 3.23. The monoisotopic (exact) mass is 407 g/mol. The van der Waals surface area contributed by atoms with Crippen LogP contribution in [0.1, 0.15) is 23.0 Å². The zero-order valence-electron chi connectivity index (χ0n) is 10.5. The van der Waals surface area contributed by atoms with E-state index in [-0.39, 0.29) is 5.97 Å². The molecule has 19 heavy (non-hydrogen) atoms. The topological polar surface area (TPSA) is 31.2 Å². The predicted molar refractivity (Wildman–Crippen MR) is 84.2 cm³/mol. The van der Waals surface area contributed by atoms with Crippen molar-refractivity contribution in [3.63, 3.8) is 0 Å². The highest BCUT2D eigenvalue weighted by molar-refractivity contribution is 9.10. The second kappa shape index (κ2) is 5.85. The van der Waals surface area contributed by atoms with Gasteiger partial charge in [0.1, 0.15) is 0 Å². The van der Waals surface area contributed by atoms with Crippen molar-refractivity contribution < 1.29 is 9.53 Å². The Morgan fingerprint density at radius 3 is 2.74 bits per heavy atom. The average molecular weight is 410 g/mol. The van der Waals surface area contributed by atoms with Gasteiger partial charge in [-0.3, -0.25) is 0 Å². The Bertz CT molecular complexity index is 652. The third-order valence-electron chi connectivity index (χ3n) is 2.97. The number of benzene rings is 1. The van der Waals surface area contributed by atoms with Crippen molar-refractivity contribution in [1.82, 2.24) is 4.57 Å². The summed E-state index contributed by atoms with van der Waals surface area (Å²) >= 11 is 12.9. The van der Waals surface area contributed by atoms with E-state index < -0.39 is 0 Å². The minimum atomic E-state index is -0.309. The molecule has 0 bridgehead atoms. The zero-order valence-corrected chi connectivity index (χ0v) is 14.4. The quantitative estimate of drug-likeness (QED) is 0.545. The van der Waals surface area contributed by atoms with Gasteiger partial charge in [0.2, 0.25) is 0 Å². The number of carbonyl (C=O) groups excluding carboxylic acids is 1. The van der Waals surface area contributed by atoms with Crippen molar-refractivity contribution >= 4 is 60.3 Å². The Labute approximate surface area is 133 Å². The minimum Gasteiger partial charge on any atom is -0.462 e. The van der Waals surface area contributed by atoms with Crippen molar-refractivity contribution in [3.8, 4) is 0 Å². The first-order valence-corrected chi connectivity index (χ1v) is 7.99. The number of carbonyl (C=O) groups is 1. The van der Waals surface area contributed by atoms with Gasteiger partial charge in [0, 0.05) is 27.9 Å². The van der Waals surface area contributed by atoms with Crippen LogP contribution in [0.25, 0.3) is 10.9 Å². The standard InChI is InChI=1S/C13H12Br2ClNO2/c1-3-19-13(18)12-7-4-8(15)9(16)5-10(7)17(2)11(12)6-14/h4-5H,3,6H2,1-2H3. The van der Waals surface area contributed by atoms with Crippen LogP contribution in [0.5, 0.6) is 0 Å². The van der Waals surface area contributed by atoms with E-state index in [1.165, 1.54) is 0 Å². The maximum atomic E-state index is 12.1. The largest absolute Gasteiger partial charge is 0.462 e. The molecule has 0 atom stereocenters. The van der Waals surface area contributed by atoms with Gasteiger partial charge in [-0.2, -0.15) is 0 Å². The third-order valence-corrected chi connectivity index (χ3v) is 4.70. The summed E-state index contributed by atoms with van der Waals surface area (Å²) < 4.78 is 7.86. The molecular weight excluding hydrogens is 397 g/mol. The first-order chi connectivity index (χ1) is 9.01. The van der Waals surface area contributed by atoms with Crippen LogP contribution in [0, 0.1) is 0 Å². The Morgan fingerprint density at radius 2 is 2.16 bits per heavy atom. The highest BCUT2D eigenvalue weighted by atomic mass is 79.9. The summed E-state index contributed by atoms with van der Waals surface area (Å²) in [6.07, 6.45) is 0. The summed E-state index contributed by atoms with van der Waals surface area (Å²) in [5, 5.41) is 2.03. The molecule has 2 aromatic rings. The van der Waals surface area contributed by atoms with Gasteiger partial charge in [0.05, 0.1) is 22.7 Å². The molecule has 102 valence electrons. The van der Waals surface area contributed by atoms with Gasteiger partial charge in [0.15, 0.2) is 0 Å². The maximum absolute atomic E-state index is 12.1. The smallest absolute Gasteiger partial charge is 0.340 e. The molecule has 1 heterocycles. The van der Waals surface area contributed by atoms with Crippen LogP contribution >= 0.6 is 43.5 Å². The number of hydrogen-bond acceptors (Lipinski definition) is 2. The van der Waals surface area contributed by atoms with E-state index in [0.29, 0.717) is 22.5 Å². The second-order valence-corrected chi connectivity index (χ2v) is 5.84.